The zero-order valence-corrected chi connectivity index (χ0v) is 10.9. The second kappa shape index (κ2) is 5.68. The van der Waals surface area contributed by atoms with Gasteiger partial charge in [0, 0.05) is 24.8 Å². The number of H-pyrrole nitrogens is 1. The molecule has 0 saturated carbocycles. The fourth-order valence-electron chi connectivity index (χ4n) is 1.93. The normalized spacial score (nSPS) is 23.2. The predicted molar refractivity (Wildman–Crippen MR) is 67.6 cm³/mol. The molecule has 2 rings (SSSR count). The molecular formula is C11H20N4S. The van der Waals surface area contributed by atoms with Crippen molar-refractivity contribution in [1.29, 1.82) is 0 Å². The van der Waals surface area contributed by atoms with Gasteiger partial charge in [0.1, 0.15) is 11.6 Å². The third-order valence-corrected chi connectivity index (χ3v) is 4.07. The molecule has 1 aromatic heterocycles. The van der Waals surface area contributed by atoms with E-state index in [1.165, 1.54) is 17.9 Å². The molecule has 1 unspecified atom stereocenters. The van der Waals surface area contributed by atoms with Crippen molar-refractivity contribution in [3.8, 4) is 0 Å². The summed E-state index contributed by atoms with van der Waals surface area (Å²) in [6, 6.07) is 0.658. The highest BCUT2D eigenvalue weighted by Crippen LogP contribution is 2.17. The molecule has 0 spiro atoms. The Kier molecular flexibility index (Phi) is 4.23. The highest BCUT2D eigenvalue weighted by atomic mass is 32.2. The fourth-order valence-corrected chi connectivity index (χ4v) is 3.01. The molecule has 16 heavy (non-hydrogen) atoms. The second-order valence-corrected chi connectivity index (χ2v) is 5.50. The van der Waals surface area contributed by atoms with E-state index >= 15 is 0 Å². The molecule has 0 aromatic carbocycles. The van der Waals surface area contributed by atoms with Crippen molar-refractivity contribution in [3.05, 3.63) is 11.6 Å². The highest BCUT2D eigenvalue weighted by Gasteiger charge is 2.18. The Morgan fingerprint density at radius 3 is 3.12 bits per heavy atom. The number of hydrogen-bond donors (Lipinski definition) is 1. The molecule has 90 valence electrons. The van der Waals surface area contributed by atoms with Gasteiger partial charge in [0.25, 0.3) is 0 Å². The van der Waals surface area contributed by atoms with E-state index < -0.39 is 0 Å². The largest absolute Gasteiger partial charge is 0.292 e. The van der Waals surface area contributed by atoms with Crippen molar-refractivity contribution >= 4 is 11.8 Å². The van der Waals surface area contributed by atoms with E-state index in [0.717, 1.165) is 31.2 Å². The summed E-state index contributed by atoms with van der Waals surface area (Å²) in [5, 5.41) is 7.22. The molecule has 1 aromatic rings. The summed E-state index contributed by atoms with van der Waals surface area (Å²) in [6.07, 6.45) is 2.18. The topological polar surface area (TPSA) is 44.8 Å². The highest BCUT2D eigenvalue weighted by molar-refractivity contribution is 7.99. The van der Waals surface area contributed by atoms with Crippen LogP contribution in [0.3, 0.4) is 0 Å². The molecule has 2 heterocycles. The van der Waals surface area contributed by atoms with Crippen molar-refractivity contribution in [2.45, 2.75) is 39.3 Å². The standard InChI is InChI=1S/C11H20N4S/c1-3-10-12-11(14-13-10)8-15-5-7-16-6-4-9(15)2/h9H,3-8H2,1-2H3,(H,12,13,14). The summed E-state index contributed by atoms with van der Waals surface area (Å²) >= 11 is 2.06. The number of rotatable bonds is 3. The van der Waals surface area contributed by atoms with Crippen LogP contribution in [0.5, 0.6) is 0 Å². The molecule has 1 atom stereocenters. The van der Waals surface area contributed by atoms with E-state index in [9.17, 15) is 0 Å². The summed E-state index contributed by atoms with van der Waals surface area (Å²) in [7, 11) is 0. The van der Waals surface area contributed by atoms with Gasteiger partial charge in [-0.2, -0.15) is 16.9 Å². The van der Waals surface area contributed by atoms with Gasteiger partial charge in [0.05, 0.1) is 6.54 Å². The fraction of sp³-hybridized carbons (Fsp3) is 0.818. The summed E-state index contributed by atoms with van der Waals surface area (Å²) in [6.45, 7) is 6.46. The summed E-state index contributed by atoms with van der Waals surface area (Å²) in [4.78, 5) is 6.97. The Labute approximate surface area is 101 Å². The van der Waals surface area contributed by atoms with Crippen LogP contribution in [0.4, 0.5) is 0 Å². The van der Waals surface area contributed by atoms with Gasteiger partial charge < -0.3 is 0 Å². The Morgan fingerprint density at radius 1 is 1.50 bits per heavy atom. The van der Waals surface area contributed by atoms with Gasteiger partial charge in [-0.3, -0.25) is 10.00 Å². The zero-order valence-electron chi connectivity index (χ0n) is 10.1. The Morgan fingerprint density at radius 2 is 2.38 bits per heavy atom. The Bertz CT molecular complexity index is 326. The molecule has 0 radical (unpaired) electrons. The lowest BCUT2D eigenvalue weighted by Gasteiger charge is -2.25. The quantitative estimate of drug-likeness (QED) is 0.873. The molecule has 1 aliphatic rings. The maximum atomic E-state index is 4.47. The van der Waals surface area contributed by atoms with Crippen LogP contribution in [-0.2, 0) is 13.0 Å². The summed E-state index contributed by atoms with van der Waals surface area (Å²) in [5.41, 5.74) is 0. The van der Waals surface area contributed by atoms with Gasteiger partial charge in [-0.05, 0) is 19.1 Å². The maximum Gasteiger partial charge on any atom is 0.150 e. The average molecular weight is 240 g/mol. The number of nitrogens with one attached hydrogen (secondary N) is 1. The van der Waals surface area contributed by atoms with Gasteiger partial charge in [-0.15, -0.1) is 0 Å². The number of hydrogen-bond acceptors (Lipinski definition) is 4. The third-order valence-electron chi connectivity index (χ3n) is 3.07. The smallest absolute Gasteiger partial charge is 0.150 e. The lowest BCUT2D eigenvalue weighted by molar-refractivity contribution is 0.207. The van der Waals surface area contributed by atoms with Crippen molar-refractivity contribution in [1.82, 2.24) is 20.1 Å². The van der Waals surface area contributed by atoms with E-state index in [0.29, 0.717) is 6.04 Å². The van der Waals surface area contributed by atoms with Crippen molar-refractivity contribution in [3.63, 3.8) is 0 Å². The van der Waals surface area contributed by atoms with E-state index in [2.05, 4.69) is 45.7 Å². The molecular weight excluding hydrogens is 220 g/mol. The predicted octanol–water partition coefficient (Wildman–Crippen LogP) is 1.69. The van der Waals surface area contributed by atoms with Gasteiger partial charge >= 0.3 is 0 Å². The number of aromatic amines is 1. The zero-order chi connectivity index (χ0) is 11.4. The number of nitrogens with zero attached hydrogens (tertiary/aromatic N) is 3. The van der Waals surface area contributed by atoms with Crippen molar-refractivity contribution in [2.24, 2.45) is 0 Å². The van der Waals surface area contributed by atoms with Gasteiger partial charge in [0.2, 0.25) is 0 Å². The van der Waals surface area contributed by atoms with E-state index in [1.807, 2.05) is 0 Å². The van der Waals surface area contributed by atoms with Crippen LogP contribution in [-0.4, -0.2) is 44.2 Å². The minimum Gasteiger partial charge on any atom is -0.292 e. The van der Waals surface area contributed by atoms with Crippen LogP contribution in [0.15, 0.2) is 0 Å². The Balaban J connectivity index is 1.96. The van der Waals surface area contributed by atoms with Crippen LogP contribution in [0, 0.1) is 0 Å². The van der Waals surface area contributed by atoms with E-state index in [4.69, 9.17) is 0 Å². The van der Waals surface area contributed by atoms with E-state index in [-0.39, 0.29) is 0 Å². The summed E-state index contributed by atoms with van der Waals surface area (Å²) in [5.74, 6) is 4.45. The molecule has 1 fully saturated rings. The van der Waals surface area contributed by atoms with Crippen LogP contribution in [0.2, 0.25) is 0 Å². The monoisotopic (exact) mass is 240 g/mol. The molecule has 1 saturated heterocycles. The molecule has 0 bridgehead atoms. The maximum absolute atomic E-state index is 4.47. The third kappa shape index (κ3) is 2.98. The number of thioether (sulfide) groups is 1. The van der Waals surface area contributed by atoms with Crippen LogP contribution in [0.1, 0.15) is 31.9 Å². The summed E-state index contributed by atoms with van der Waals surface area (Å²) < 4.78 is 0. The molecule has 0 amide bonds. The molecule has 0 aliphatic carbocycles. The average Bonchev–Trinajstić information content (AvgIpc) is 2.65. The Hall–Kier alpha value is -0.550. The van der Waals surface area contributed by atoms with Crippen molar-refractivity contribution in [2.75, 3.05) is 18.1 Å². The van der Waals surface area contributed by atoms with Crippen molar-refractivity contribution < 1.29 is 0 Å². The van der Waals surface area contributed by atoms with Crippen LogP contribution in [0.25, 0.3) is 0 Å². The van der Waals surface area contributed by atoms with E-state index in [1.54, 1.807) is 0 Å². The first-order valence-corrected chi connectivity index (χ1v) is 7.17. The lowest BCUT2D eigenvalue weighted by Crippen LogP contribution is -2.33. The van der Waals surface area contributed by atoms with Gasteiger partial charge in [-0.25, -0.2) is 4.98 Å². The van der Waals surface area contributed by atoms with Crippen LogP contribution >= 0.6 is 11.8 Å². The lowest BCUT2D eigenvalue weighted by atomic mass is 10.2. The molecule has 1 N–H and O–H groups in total. The van der Waals surface area contributed by atoms with Gasteiger partial charge in [-0.1, -0.05) is 6.92 Å². The number of aryl methyl sites for hydroxylation is 1. The minimum atomic E-state index is 0.658. The molecule has 1 aliphatic heterocycles. The second-order valence-electron chi connectivity index (χ2n) is 4.27. The first-order chi connectivity index (χ1) is 7.79. The molecule has 4 nitrogen and oxygen atoms in total. The van der Waals surface area contributed by atoms with Crippen LogP contribution < -0.4 is 0 Å². The first-order valence-electron chi connectivity index (χ1n) is 6.01. The molecule has 5 heteroatoms. The SMILES string of the molecule is CCc1n[nH]c(CN2CCSCCC2C)n1. The first kappa shape index (κ1) is 11.9. The number of aromatic nitrogens is 3. The minimum absolute atomic E-state index is 0.658. The van der Waals surface area contributed by atoms with Gasteiger partial charge in [0.15, 0.2) is 0 Å².